The van der Waals surface area contributed by atoms with Crippen molar-refractivity contribution in [2.75, 3.05) is 13.1 Å². The van der Waals surface area contributed by atoms with E-state index in [9.17, 15) is 29.1 Å². The minimum absolute atomic E-state index is 0.0376. The van der Waals surface area contributed by atoms with Crippen LogP contribution in [0.3, 0.4) is 0 Å². The molecule has 0 radical (unpaired) electrons. The molecule has 0 unspecified atom stereocenters. The van der Waals surface area contributed by atoms with Gasteiger partial charge in [0.25, 0.3) is 0 Å². The van der Waals surface area contributed by atoms with Crippen molar-refractivity contribution in [2.24, 2.45) is 29.6 Å². The highest BCUT2D eigenvalue weighted by Gasteiger charge is 2.33. The zero-order chi connectivity index (χ0) is 38.3. The summed E-state index contributed by atoms with van der Waals surface area (Å²) in [6.45, 7) is 22.4. The second-order valence-corrected chi connectivity index (χ2v) is 16.4. The standard InChI is InChI=1S/C36H64N6O7S/c1-13-25(32(45)42-30(22(6)7)34(47)37-17-21(4)5)16-28(43)26(14-20(2)3)40-33(46)27(18-38-35(48)49-36(10,11)12)41-31(44)23(8)15-29-39-24(9)19-50-29/h19-23,25-28,30,43H,13-18H2,1-12H3,(H,37,47)(H,38,48)(H,40,46)(H,41,44)(H,42,45)/t23-,25+,26-,27-,28-,30-/m0/s1. The highest BCUT2D eigenvalue weighted by molar-refractivity contribution is 7.09. The molecule has 6 atom stereocenters. The highest BCUT2D eigenvalue weighted by atomic mass is 32.1. The van der Waals surface area contributed by atoms with Crippen molar-refractivity contribution in [3.8, 4) is 0 Å². The summed E-state index contributed by atoms with van der Waals surface area (Å²) in [6.07, 6.45) is -0.661. The fourth-order valence-corrected chi connectivity index (χ4v) is 6.02. The van der Waals surface area contributed by atoms with Gasteiger partial charge in [-0.2, -0.15) is 0 Å². The van der Waals surface area contributed by atoms with Crippen LogP contribution in [0, 0.1) is 36.5 Å². The molecule has 0 aliphatic rings. The van der Waals surface area contributed by atoms with E-state index in [-0.39, 0.29) is 42.5 Å². The molecule has 1 aromatic heterocycles. The first kappa shape index (κ1) is 44.8. The van der Waals surface area contributed by atoms with Crippen LogP contribution in [0.1, 0.15) is 106 Å². The zero-order valence-electron chi connectivity index (χ0n) is 32.3. The first-order chi connectivity index (χ1) is 23.1. The second kappa shape index (κ2) is 21.2. The van der Waals surface area contributed by atoms with Gasteiger partial charge in [-0.1, -0.05) is 55.4 Å². The lowest BCUT2D eigenvalue weighted by Gasteiger charge is -2.31. The van der Waals surface area contributed by atoms with Gasteiger partial charge in [0.1, 0.15) is 17.7 Å². The van der Waals surface area contributed by atoms with Gasteiger partial charge in [0.2, 0.25) is 23.6 Å². The van der Waals surface area contributed by atoms with Gasteiger partial charge < -0.3 is 36.4 Å². The van der Waals surface area contributed by atoms with E-state index in [1.807, 2.05) is 60.8 Å². The van der Waals surface area contributed by atoms with E-state index in [2.05, 4.69) is 31.6 Å². The second-order valence-electron chi connectivity index (χ2n) is 15.5. The fraction of sp³-hybridized carbons (Fsp3) is 0.778. The lowest BCUT2D eigenvalue weighted by molar-refractivity contribution is -0.133. The number of hydrogen-bond donors (Lipinski definition) is 6. The fourth-order valence-electron chi connectivity index (χ4n) is 5.11. The van der Waals surface area contributed by atoms with Crippen LogP contribution >= 0.6 is 11.3 Å². The van der Waals surface area contributed by atoms with Crippen LogP contribution in [-0.2, 0) is 30.3 Å². The van der Waals surface area contributed by atoms with E-state index >= 15 is 0 Å². The number of nitrogens with zero attached hydrogens (tertiary/aromatic N) is 1. The minimum Gasteiger partial charge on any atom is -0.444 e. The maximum atomic E-state index is 13.8. The summed E-state index contributed by atoms with van der Waals surface area (Å²) in [5.74, 6) is -2.59. The van der Waals surface area contributed by atoms with E-state index in [1.54, 1.807) is 27.7 Å². The van der Waals surface area contributed by atoms with Crippen LogP contribution in [0.2, 0.25) is 0 Å². The molecular formula is C36H64N6O7S. The number of hydrogen-bond acceptors (Lipinski definition) is 9. The van der Waals surface area contributed by atoms with E-state index in [1.165, 1.54) is 11.3 Å². The third-order valence-corrected chi connectivity index (χ3v) is 8.90. The molecule has 0 aromatic carbocycles. The van der Waals surface area contributed by atoms with Gasteiger partial charge in [-0.25, -0.2) is 9.78 Å². The van der Waals surface area contributed by atoms with Crippen LogP contribution < -0.4 is 26.6 Å². The van der Waals surface area contributed by atoms with Crippen LogP contribution in [0.5, 0.6) is 0 Å². The number of ether oxygens (including phenoxy) is 1. The molecule has 13 nitrogen and oxygen atoms in total. The van der Waals surface area contributed by atoms with Crippen LogP contribution in [0.15, 0.2) is 5.38 Å². The highest BCUT2D eigenvalue weighted by Crippen LogP contribution is 2.20. The van der Waals surface area contributed by atoms with Crippen molar-refractivity contribution in [2.45, 2.75) is 139 Å². The van der Waals surface area contributed by atoms with Gasteiger partial charge in [-0.05, 0) is 64.7 Å². The maximum Gasteiger partial charge on any atom is 0.407 e. The third kappa shape index (κ3) is 17.1. The Morgan fingerprint density at radius 2 is 1.48 bits per heavy atom. The lowest BCUT2D eigenvalue weighted by Crippen LogP contribution is -2.57. The molecule has 1 heterocycles. The maximum absolute atomic E-state index is 13.8. The number of alkyl carbamates (subject to hydrolysis) is 1. The molecule has 1 aromatic rings. The van der Waals surface area contributed by atoms with Gasteiger partial charge in [-0.15, -0.1) is 11.3 Å². The molecule has 0 saturated heterocycles. The Balaban J connectivity index is 3.15. The Hall–Kier alpha value is -3.26. The number of aryl methyl sites for hydroxylation is 1. The average Bonchev–Trinajstić information content (AvgIpc) is 3.41. The van der Waals surface area contributed by atoms with Gasteiger partial charge in [0, 0.05) is 35.9 Å². The van der Waals surface area contributed by atoms with E-state index in [0.29, 0.717) is 25.8 Å². The summed E-state index contributed by atoms with van der Waals surface area (Å²) >= 11 is 1.45. The predicted octanol–water partition coefficient (Wildman–Crippen LogP) is 3.86. The number of aliphatic hydroxyl groups is 1. The monoisotopic (exact) mass is 724 g/mol. The number of aliphatic hydroxyl groups excluding tert-OH is 1. The van der Waals surface area contributed by atoms with Crippen LogP contribution in [0.25, 0.3) is 0 Å². The van der Waals surface area contributed by atoms with E-state index in [0.717, 1.165) is 10.7 Å². The normalized spacial score (nSPS) is 15.4. The molecule has 286 valence electrons. The number of aromatic nitrogens is 1. The molecule has 0 spiro atoms. The van der Waals surface area contributed by atoms with Gasteiger partial charge in [0.05, 0.1) is 23.7 Å². The summed E-state index contributed by atoms with van der Waals surface area (Å²) in [5, 5.41) is 28.1. The topological polar surface area (TPSA) is 188 Å². The number of rotatable bonds is 20. The number of nitrogens with one attached hydrogen (secondary N) is 5. The van der Waals surface area contributed by atoms with Crippen LogP contribution in [0.4, 0.5) is 4.79 Å². The lowest BCUT2D eigenvalue weighted by atomic mass is 9.89. The number of thiazole rings is 1. The molecule has 0 fully saturated rings. The Bertz CT molecular complexity index is 1250. The Kier molecular flexibility index (Phi) is 19.0. The van der Waals surface area contributed by atoms with Gasteiger partial charge in [-0.3, -0.25) is 19.2 Å². The van der Waals surface area contributed by atoms with Crippen molar-refractivity contribution in [3.63, 3.8) is 0 Å². The molecule has 0 aliphatic carbocycles. The summed E-state index contributed by atoms with van der Waals surface area (Å²) in [6, 6.07) is -2.68. The van der Waals surface area contributed by atoms with Crippen molar-refractivity contribution in [3.05, 3.63) is 16.1 Å². The van der Waals surface area contributed by atoms with Crippen molar-refractivity contribution >= 4 is 41.1 Å². The summed E-state index contributed by atoms with van der Waals surface area (Å²) in [7, 11) is 0. The van der Waals surface area contributed by atoms with Gasteiger partial charge in [0.15, 0.2) is 0 Å². The van der Waals surface area contributed by atoms with Crippen molar-refractivity contribution in [1.29, 1.82) is 0 Å². The van der Waals surface area contributed by atoms with Crippen molar-refractivity contribution < 1.29 is 33.8 Å². The summed E-state index contributed by atoms with van der Waals surface area (Å²) in [4.78, 5) is 70.2. The molecule has 5 amide bonds. The molecule has 6 N–H and O–H groups in total. The molecule has 14 heteroatoms. The molecule has 1 rings (SSSR count). The summed E-state index contributed by atoms with van der Waals surface area (Å²) in [5.41, 5.74) is 0.0911. The smallest absolute Gasteiger partial charge is 0.407 e. The zero-order valence-corrected chi connectivity index (χ0v) is 33.1. The first-order valence-corrected chi connectivity index (χ1v) is 18.8. The Morgan fingerprint density at radius 3 is 1.98 bits per heavy atom. The largest absolute Gasteiger partial charge is 0.444 e. The molecule has 0 aliphatic heterocycles. The minimum atomic E-state index is -1.18. The number of carbonyl (C=O) groups excluding carboxylic acids is 5. The first-order valence-electron chi connectivity index (χ1n) is 17.9. The molecule has 0 bridgehead atoms. The molecule has 50 heavy (non-hydrogen) atoms. The molecular weight excluding hydrogens is 660 g/mol. The Morgan fingerprint density at radius 1 is 0.840 bits per heavy atom. The quantitative estimate of drug-likeness (QED) is 0.117. The average molecular weight is 725 g/mol. The predicted molar refractivity (Wildman–Crippen MR) is 196 cm³/mol. The van der Waals surface area contributed by atoms with E-state index < -0.39 is 59.6 Å². The molecule has 0 saturated carbocycles. The Labute approximate surface area is 303 Å². The third-order valence-electron chi connectivity index (χ3n) is 7.92. The number of amides is 5. The van der Waals surface area contributed by atoms with Gasteiger partial charge >= 0.3 is 6.09 Å². The SMILES string of the molecule is CC[C@H](C[C@H](O)[C@H](CC(C)C)NC(=O)[C@H](CNC(=O)OC(C)(C)C)NC(=O)[C@@H](C)Cc1nc(C)cs1)C(=O)N[C@H](C(=O)NCC(C)C)C(C)C. The summed E-state index contributed by atoms with van der Waals surface area (Å²) < 4.78 is 5.33. The number of carbonyl (C=O) groups is 5. The van der Waals surface area contributed by atoms with E-state index in [4.69, 9.17) is 4.74 Å². The van der Waals surface area contributed by atoms with Crippen LogP contribution in [-0.4, -0.2) is 82.7 Å². The van der Waals surface area contributed by atoms with Crippen molar-refractivity contribution in [1.82, 2.24) is 31.6 Å².